The normalized spacial score (nSPS) is 12.3. The standard InChI is InChI=1S/C23H24F5NO4/c1-5-6-15(30)29-14(11-12-7-9-13(10-8-12)33-23(2,3)4)22(31)32-21-19(27)17(25)16(24)18(26)20(21)28/h7-10,14H,5-6,11H2,1-4H3,(H,29,30). The highest BCUT2D eigenvalue weighted by molar-refractivity contribution is 5.85. The van der Waals surface area contributed by atoms with E-state index in [1.807, 2.05) is 20.8 Å². The molecule has 1 amide bonds. The molecular formula is C23H24F5NO4. The molecule has 2 aromatic rings. The SMILES string of the molecule is CCCC(=O)NC(Cc1ccc(OC(C)(C)C)cc1)C(=O)Oc1c(F)c(F)c(F)c(F)c1F. The molecule has 1 unspecified atom stereocenters. The fourth-order valence-corrected chi connectivity index (χ4v) is 2.82. The molecule has 0 bridgehead atoms. The van der Waals surface area contributed by atoms with Crippen LogP contribution in [0.2, 0.25) is 0 Å². The van der Waals surface area contributed by atoms with Crippen LogP contribution in [0.5, 0.6) is 11.5 Å². The number of amides is 1. The summed E-state index contributed by atoms with van der Waals surface area (Å²) in [5.74, 6) is -14.6. The van der Waals surface area contributed by atoms with Crippen LogP contribution < -0.4 is 14.8 Å². The number of esters is 1. The molecule has 0 spiro atoms. The Morgan fingerprint density at radius 3 is 1.91 bits per heavy atom. The molecule has 180 valence electrons. The van der Waals surface area contributed by atoms with Crippen molar-refractivity contribution in [1.29, 1.82) is 0 Å². The Morgan fingerprint density at radius 1 is 0.909 bits per heavy atom. The molecule has 33 heavy (non-hydrogen) atoms. The summed E-state index contributed by atoms with van der Waals surface area (Å²) in [6.07, 6.45) is 0.328. The first kappa shape index (κ1) is 26.1. The van der Waals surface area contributed by atoms with E-state index in [1.54, 1.807) is 31.2 Å². The van der Waals surface area contributed by atoms with Gasteiger partial charge >= 0.3 is 5.97 Å². The molecule has 0 aliphatic heterocycles. The molecule has 0 fully saturated rings. The van der Waals surface area contributed by atoms with E-state index in [4.69, 9.17) is 4.74 Å². The van der Waals surface area contributed by atoms with E-state index in [9.17, 15) is 31.5 Å². The van der Waals surface area contributed by atoms with Gasteiger partial charge in [0.1, 0.15) is 17.4 Å². The summed E-state index contributed by atoms with van der Waals surface area (Å²) in [5, 5.41) is 2.37. The topological polar surface area (TPSA) is 64.6 Å². The highest BCUT2D eigenvalue weighted by Gasteiger charge is 2.31. The molecule has 0 saturated heterocycles. The maximum atomic E-state index is 13.9. The van der Waals surface area contributed by atoms with Gasteiger partial charge in [0.15, 0.2) is 0 Å². The van der Waals surface area contributed by atoms with Gasteiger partial charge in [0.2, 0.25) is 40.7 Å². The van der Waals surface area contributed by atoms with E-state index >= 15 is 0 Å². The van der Waals surface area contributed by atoms with Crippen LogP contribution in [0, 0.1) is 29.1 Å². The van der Waals surface area contributed by atoms with E-state index in [0.29, 0.717) is 17.7 Å². The zero-order valence-corrected chi connectivity index (χ0v) is 18.5. The van der Waals surface area contributed by atoms with Crippen molar-refractivity contribution in [3.05, 3.63) is 58.9 Å². The molecule has 5 nitrogen and oxygen atoms in total. The predicted octanol–water partition coefficient (Wildman–Crippen LogP) is 4.99. The van der Waals surface area contributed by atoms with E-state index in [1.165, 1.54) is 0 Å². The van der Waals surface area contributed by atoms with Crippen molar-refractivity contribution in [2.45, 2.75) is 58.6 Å². The van der Waals surface area contributed by atoms with Crippen LogP contribution in [0.3, 0.4) is 0 Å². The molecule has 0 radical (unpaired) electrons. The summed E-state index contributed by atoms with van der Waals surface area (Å²) in [7, 11) is 0. The van der Waals surface area contributed by atoms with E-state index in [2.05, 4.69) is 10.1 Å². The van der Waals surface area contributed by atoms with Crippen molar-refractivity contribution >= 4 is 11.9 Å². The number of carbonyl (C=O) groups is 2. The fraction of sp³-hybridized carbons (Fsp3) is 0.391. The molecule has 1 N–H and O–H groups in total. The quantitative estimate of drug-likeness (QED) is 0.193. The first-order valence-electron chi connectivity index (χ1n) is 10.1. The van der Waals surface area contributed by atoms with E-state index in [0.717, 1.165) is 0 Å². The number of hydrogen-bond acceptors (Lipinski definition) is 4. The lowest BCUT2D eigenvalue weighted by molar-refractivity contribution is -0.139. The van der Waals surface area contributed by atoms with Gasteiger partial charge in [-0.05, 0) is 44.9 Å². The lowest BCUT2D eigenvalue weighted by atomic mass is 10.1. The summed E-state index contributed by atoms with van der Waals surface area (Å²) in [5.41, 5.74) is 0.0722. The minimum Gasteiger partial charge on any atom is -0.488 e. The molecule has 0 aliphatic carbocycles. The van der Waals surface area contributed by atoms with Crippen molar-refractivity contribution in [3.63, 3.8) is 0 Å². The predicted molar refractivity (Wildman–Crippen MR) is 109 cm³/mol. The second-order valence-corrected chi connectivity index (χ2v) is 8.25. The van der Waals surface area contributed by atoms with Gasteiger partial charge < -0.3 is 14.8 Å². The Hall–Kier alpha value is -3.17. The highest BCUT2D eigenvalue weighted by atomic mass is 19.2. The van der Waals surface area contributed by atoms with E-state index < -0.39 is 58.4 Å². The van der Waals surface area contributed by atoms with Gasteiger partial charge in [-0.15, -0.1) is 0 Å². The minimum atomic E-state index is -2.38. The monoisotopic (exact) mass is 473 g/mol. The fourth-order valence-electron chi connectivity index (χ4n) is 2.82. The van der Waals surface area contributed by atoms with E-state index in [-0.39, 0.29) is 12.8 Å². The van der Waals surface area contributed by atoms with Gasteiger partial charge in [-0.25, -0.2) is 18.0 Å². The third-order valence-electron chi connectivity index (χ3n) is 4.26. The van der Waals surface area contributed by atoms with Crippen molar-refractivity contribution < 1.29 is 41.0 Å². The van der Waals surface area contributed by atoms with Crippen LogP contribution in [0.1, 0.15) is 46.1 Å². The molecule has 10 heteroatoms. The lowest BCUT2D eigenvalue weighted by Crippen LogP contribution is -2.44. The summed E-state index contributed by atoms with van der Waals surface area (Å²) in [6, 6.07) is 5.01. The number of halogens is 5. The molecule has 2 aromatic carbocycles. The van der Waals surface area contributed by atoms with Gasteiger partial charge in [-0.3, -0.25) is 4.79 Å². The average Bonchev–Trinajstić information content (AvgIpc) is 2.73. The number of rotatable bonds is 8. The van der Waals surface area contributed by atoms with Crippen molar-refractivity contribution in [2.24, 2.45) is 0 Å². The molecular weight excluding hydrogens is 449 g/mol. The van der Waals surface area contributed by atoms with Crippen LogP contribution in [0.15, 0.2) is 24.3 Å². The van der Waals surface area contributed by atoms with Gasteiger partial charge in [0.05, 0.1) is 0 Å². The molecule has 0 saturated carbocycles. The van der Waals surface area contributed by atoms with Crippen LogP contribution >= 0.6 is 0 Å². The van der Waals surface area contributed by atoms with Gasteiger partial charge in [-0.2, -0.15) is 8.78 Å². The molecule has 2 rings (SSSR count). The number of carbonyl (C=O) groups excluding carboxylic acids is 2. The summed E-state index contributed by atoms with van der Waals surface area (Å²) < 4.78 is 78.2. The van der Waals surface area contributed by atoms with Crippen molar-refractivity contribution in [3.8, 4) is 11.5 Å². The first-order valence-corrected chi connectivity index (χ1v) is 10.1. The molecule has 1 atom stereocenters. The third-order valence-corrected chi connectivity index (χ3v) is 4.26. The number of hydrogen-bond donors (Lipinski definition) is 1. The van der Waals surface area contributed by atoms with Crippen molar-refractivity contribution in [2.75, 3.05) is 0 Å². The maximum absolute atomic E-state index is 13.9. The Kier molecular flexibility index (Phi) is 8.40. The highest BCUT2D eigenvalue weighted by Crippen LogP contribution is 2.29. The van der Waals surface area contributed by atoms with Crippen LogP contribution in [0.4, 0.5) is 22.0 Å². The zero-order chi connectivity index (χ0) is 24.9. The van der Waals surface area contributed by atoms with Crippen molar-refractivity contribution in [1.82, 2.24) is 5.32 Å². The van der Waals surface area contributed by atoms with Crippen LogP contribution in [0.25, 0.3) is 0 Å². The second kappa shape index (κ2) is 10.6. The second-order valence-electron chi connectivity index (χ2n) is 8.25. The minimum absolute atomic E-state index is 0.0463. The number of ether oxygens (including phenoxy) is 2. The third kappa shape index (κ3) is 6.90. The van der Waals surface area contributed by atoms with Gasteiger partial charge in [-0.1, -0.05) is 19.1 Å². The number of benzene rings is 2. The Labute approximate surface area is 187 Å². The molecule has 0 aliphatic rings. The number of nitrogens with one attached hydrogen (secondary N) is 1. The van der Waals surface area contributed by atoms with Gasteiger partial charge in [0, 0.05) is 12.8 Å². The Bertz CT molecular complexity index is 990. The molecule has 0 heterocycles. The Balaban J connectivity index is 2.29. The summed E-state index contributed by atoms with van der Waals surface area (Å²) >= 11 is 0. The lowest BCUT2D eigenvalue weighted by Gasteiger charge is -2.22. The maximum Gasteiger partial charge on any atom is 0.334 e. The largest absolute Gasteiger partial charge is 0.488 e. The smallest absolute Gasteiger partial charge is 0.334 e. The average molecular weight is 473 g/mol. The summed E-state index contributed by atoms with van der Waals surface area (Å²) in [6.45, 7) is 7.29. The first-order chi connectivity index (χ1) is 15.3. The van der Waals surface area contributed by atoms with Crippen LogP contribution in [-0.2, 0) is 16.0 Å². The Morgan fingerprint density at radius 2 is 1.42 bits per heavy atom. The summed E-state index contributed by atoms with van der Waals surface area (Å²) in [4.78, 5) is 24.6. The van der Waals surface area contributed by atoms with Crippen LogP contribution in [-0.4, -0.2) is 23.5 Å². The molecule has 0 aromatic heterocycles. The van der Waals surface area contributed by atoms with Gasteiger partial charge in [0.25, 0.3) is 0 Å². The zero-order valence-electron chi connectivity index (χ0n) is 18.5.